The summed E-state index contributed by atoms with van der Waals surface area (Å²) in [5.74, 6) is 0. The number of benzene rings is 2. The fraction of sp³-hybridized carbons (Fsp3) is 0.125. The molecule has 2 aromatic carbocycles. The van der Waals surface area contributed by atoms with Crippen LogP contribution in [0.25, 0.3) is 17.2 Å². The maximum absolute atomic E-state index is 3.85. The van der Waals surface area contributed by atoms with Crippen LogP contribution in [-0.4, -0.2) is 14.1 Å². The molecular weight excluding hydrogens is 206 g/mol. The van der Waals surface area contributed by atoms with Gasteiger partial charge in [-0.25, -0.2) is 0 Å². The van der Waals surface area contributed by atoms with Crippen LogP contribution in [0, 0.1) is 0 Å². The molecule has 17 heavy (non-hydrogen) atoms. The minimum Gasteiger partial charge on any atom is -0.377 e. The summed E-state index contributed by atoms with van der Waals surface area (Å²) in [7, 11) is 4.11. The monoisotopic (exact) mass is 223 g/mol. The van der Waals surface area contributed by atoms with Gasteiger partial charge in [-0.3, -0.25) is 0 Å². The highest BCUT2D eigenvalue weighted by molar-refractivity contribution is 5.75. The number of nitrogens with zero attached hydrogens (tertiary/aromatic N) is 1. The van der Waals surface area contributed by atoms with Gasteiger partial charge in [0.1, 0.15) is 0 Å². The number of hydrogen-bond acceptors (Lipinski definition) is 1. The third-order valence-electron chi connectivity index (χ3n) is 2.84. The molecule has 0 radical (unpaired) electrons. The molecule has 0 N–H and O–H groups in total. The summed E-state index contributed by atoms with van der Waals surface area (Å²) in [5.41, 5.74) is 4.84. The zero-order chi connectivity index (χ0) is 12.3. The van der Waals surface area contributed by atoms with Crippen molar-refractivity contribution in [3.05, 3.63) is 60.7 Å². The Morgan fingerprint density at radius 2 is 1.65 bits per heavy atom. The quantitative estimate of drug-likeness (QED) is 0.758. The number of hydrogen-bond donors (Lipinski definition) is 0. The molecule has 0 unspecified atom stereocenters. The summed E-state index contributed by atoms with van der Waals surface area (Å²) in [6, 6.07) is 16.9. The van der Waals surface area contributed by atoms with Gasteiger partial charge in [-0.1, -0.05) is 55.1 Å². The van der Waals surface area contributed by atoms with E-state index in [-0.39, 0.29) is 0 Å². The maximum Gasteiger partial charge on any atom is 0.0440 e. The molecule has 0 heterocycles. The normalized spacial score (nSPS) is 10.0. The Morgan fingerprint density at radius 1 is 0.941 bits per heavy atom. The van der Waals surface area contributed by atoms with Crippen molar-refractivity contribution < 1.29 is 0 Å². The summed E-state index contributed by atoms with van der Waals surface area (Å²) in [6.07, 6.45) is 1.89. The van der Waals surface area contributed by atoms with E-state index in [2.05, 4.69) is 68.0 Å². The molecule has 0 bridgehead atoms. The van der Waals surface area contributed by atoms with Gasteiger partial charge in [0.25, 0.3) is 0 Å². The van der Waals surface area contributed by atoms with Crippen molar-refractivity contribution in [2.45, 2.75) is 0 Å². The number of anilines is 1. The zero-order valence-electron chi connectivity index (χ0n) is 10.4. The first-order valence-corrected chi connectivity index (χ1v) is 5.71. The standard InChI is InChI=1S/C16H17N/c1-4-13-10-11-15(12-16(13)17(2)3)14-8-6-5-7-9-14/h4-12H,1H2,2-3H3. The Labute approximate surface area is 103 Å². The average molecular weight is 223 g/mol. The molecule has 0 amide bonds. The molecule has 2 aromatic rings. The molecule has 86 valence electrons. The minimum atomic E-state index is 1.16. The van der Waals surface area contributed by atoms with Gasteiger partial charge in [-0.05, 0) is 22.8 Å². The van der Waals surface area contributed by atoms with Crippen LogP contribution in [0.5, 0.6) is 0 Å². The third-order valence-corrected chi connectivity index (χ3v) is 2.84. The highest BCUT2D eigenvalue weighted by Crippen LogP contribution is 2.27. The lowest BCUT2D eigenvalue weighted by atomic mass is 10.0. The lowest BCUT2D eigenvalue weighted by Crippen LogP contribution is -2.10. The van der Waals surface area contributed by atoms with E-state index >= 15 is 0 Å². The second-order valence-corrected chi connectivity index (χ2v) is 4.24. The number of rotatable bonds is 3. The van der Waals surface area contributed by atoms with Crippen molar-refractivity contribution in [2.24, 2.45) is 0 Å². The second kappa shape index (κ2) is 4.88. The van der Waals surface area contributed by atoms with E-state index in [1.807, 2.05) is 12.1 Å². The molecule has 0 atom stereocenters. The first-order chi connectivity index (χ1) is 8.22. The Balaban J connectivity index is 2.51. The molecule has 0 aliphatic rings. The van der Waals surface area contributed by atoms with Gasteiger partial charge in [0.15, 0.2) is 0 Å². The van der Waals surface area contributed by atoms with Crippen molar-refractivity contribution in [3.8, 4) is 11.1 Å². The van der Waals surface area contributed by atoms with Crippen molar-refractivity contribution in [1.82, 2.24) is 0 Å². The minimum absolute atomic E-state index is 1.16. The highest BCUT2D eigenvalue weighted by Gasteiger charge is 2.04. The maximum atomic E-state index is 3.85. The summed E-state index contributed by atoms with van der Waals surface area (Å²) in [4.78, 5) is 2.11. The summed E-state index contributed by atoms with van der Waals surface area (Å²) >= 11 is 0. The highest BCUT2D eigenvalue weighted by atomic mass is 15.1. The van der Waals surface area contributed by atoms with Crippen LogP contribution in [-0.2, 0) is 0 Å². The average Bonchev–Trinajstić information content (AvgIpc) is 2.39. The third kappa shape index (κ3) is 2.39. The van der Waals surface area contributed by atoms with Crippen LogP contribution in [0.3, 0.4) is 0 Å². The van der Waals surface area contributed by atoms with Crippen LogP contribution >= 0.6 is 0 Å². The van der Waals surface area contributed by atoms with Gasteiger partial charge < -0.3 is 4.90 Å². The van der Waals surface area contributed by atoms with Crippen molar-refractivity contribution in [3.63, 3.8) is 0 Å². The van der Waals surface area contributed by atoms with Gasteiger partial charge in [0.2, 0.25) is 0 Å². The van der Waals surface area contributed by atoms with Gasteiger partial charge in [0, 0.05) is 19.8 Å². The Morgan fingerprint density at radius 3 is 2.24 bits per heavy atom. The summed E-state index contributed by atoms with van der Waals surface area (Å²) < 4.78 is 0. The predicted octanol–water partition coefficient (Wildman–Crippen LogP) is 4.06. The van der Waals surface area contributed by atoms with E-state index in [0.717, 1.165) is 5.56 Å². The SMILES string of the molecule is C=Cc1ccc(-c2ccccc2)cc1N(C)C. The lowest BCUT2D eigenvalue weighted by molar-refractivity contribution is 1.13. The molecule has 0 saturated heterocycles. The molecule has 0 aliphatic heterocycles. The van der Waals surface area contributed by atoms with Crippen molar-refractivity contribution >= 4 is 11.8 Å². The molecule has 1 heteroatoms. The Bertz CT molecular complexity index is 512. The molecule has 0 fully saturated rings. The zero-order valence-corrected chi connectivity index (χ0v) is 10.4. The van der Waals surface area contributed by atoms with Crippen LogP contribution in [0.15, 0.2) is 55.1 Å². The van der Waals surface area contributed by atoms with Crippen LogP contribution in [0.2, 0.25) is 0 Å². The molecule has 0 aromatic heterocycles. The van der Waals surface area contributed by atoms with Crippen LogP contribution in [0.1, 0.15) is 5.56 Å². The van der Waals surface area contributed by atoms with Crippen LogP contribution < -0.4 is 4.90 Å². The molecular formula is C16H17N. The first kappa shape index (κ1) is 11.5. The van der Waals surface area contributed by atoms with E-state index in [1.54, 1.807) is 0 Å². The molecule has 0 aliphatic carbocycles. The van der Waals surface area contributed by atoms with Crippen molar-refractivity contribution in [2.75, 3.05) is 19.0 Å². The summed E-state index contributed by atoms with van der Waals surface area (Å²) in [6.45, 7) is 3.85. The largest absolute Gasteiger partial charge is 0.377 e. The molecule has 0 spiro atoms. The van der Waals surface area contributed by atoms with E-state index in [0.29, 0.717) is 0 Å². The lowest BCUT2D eigenvalue weighted by Gasteiger charge is -2.17. The molecule has 0 saturated carbocycles. The van der Waals surface area contributed by atoms with Gasteiger partial charge in [-0.2, -0.15) is 0 Å². The van der Waals surface area contributed by atoms with E-state index in [9.17, 15) is 0 Å². The molecule has 2 rings (SSSR count). The topological polar surface area (TPSA) is 3.24 Å². The van der Waals surface area contributed by atoms with Gasteiger partial charge >= 0.3 is 0 Å². The fourth-order valence-corrected chi connectivity index (χ4v) is 1.91. The van der Waals surface area contributed by atoms with E-state index in [4.69, 9.17) is 0 Å². The molecule has 1 nitrogen and oxygen atoms in total. The van der Waals surface area contributed by atoms with E-state index in [1.165, 1.54) is 16.8 Å². The van der Waals surface area contributed by atoms with Crippen molar-refractivity contribution in [1.29, 1.82) is 0 Å². The van der Waals surface area contributed by atoms with E-state index < -0.39 is 0 Å². The Kier molecular flexibility index (Phi) is 3.29. The van der Waals surface area contributed by atoms with Gasteiger partial charge in [-0.15, -0.1) is 0 Å². The predicted molar refractivity (Wildman–Crippen MR) is 76.3 cm³/mol. The first-order valence-electron chi connectivity index (χ1n) is 5.71. The summed E-state index contributed by atoms with van der Waals surface area (Å²) in [5, 5.41) is 0. The second-order valence-electron chi connectivity index (χ2n) is 4.24. The smallest absolute Gasteiger partial charge is 0.0440 e. The fourth-order valence-electron chi connectivity index (χ4n) is 1.91. The Hall–Kier alpha value is -2.02. The van der Waals surface area contributed by atoms with Gasteiger partial charge in [0.05, 0.1) is 0 Å². The van der Waals surface area contributed by atoms with Crippen LogP contribution in [0.4, 0.5) is 5.69 Å².